The standard InChI is InChI=1S/C10H12N2O3/c1-7(5-11)6-12(2)9-4-3-8(15-9)10(13)14/h3-4,7H,6H2,1-2H3,(H,13,14). The average Bonchev–Trinajstić information content (AvgIpc) is 2.66. The third kappa shape index (κ3) is 2.74. The number of rotatable bonds is 4. The van der Waals surface area contributed by atoms with Crippen molar-refractivity contribution in [1.82, 2.24) is 0 Å². The van der Waals surface area contributed by atoms with Gasteiger partial charge < -0.3 is 14.4 Å². The number of aromatic carboxylic acids is 1. The summed E-state index contributed by atoms with van der Waals surface area (Å²) in [5, 5.41) is 17.3. The summed E-state index contributed by atoms with van der Waals surface area (Å²) in [5.74, 6) is -0.868. The van der Waals surface area contributed by atoms with Crippen molar-refractivity contribution in [3.05, 3.63) is 17.9 Å². The van der Waals surface area contributed by atoms with Crippen molar-refractivity contribution >= 4 is 11.9 Å². The van der Waals surface area contributed by atoms with Crippen LogP contribution in [-0.2, 0) is 0 Å². The molecule has 5 nitrogen and oxygen atoms in total. The fourth-order valence-corrected chi connectivity index (χ4v) is 1.19. The number of nitrogens with zero attached hydrogens (tertiary/aromatic N) is 2. The lowest BCUT2D eigenvalue weighted by molar-refractivity contribution is 0.0663. The summed E-state index contributed by atoms with van der Waals surface area (Å²) in [6.07, 6.45) is 0. The van der Waals surface area contributed by atoms with E-state index in [1.807, 2.05) is 0 Å². The Balaban J connectivity index is 2.71. The molecule has 15 heavy (non-hydrogen) atoms. The molecule has 0 saturated carbocycles. The van der Waals surface area contributed by atoms with Crippen LogP contribution in [0.5, 0.6) is 0 Å². The molecule has 80 valence electrons. The van der Waals surface area contributed by atoms with E-state index < -0.39 is 5.97 Å². The Morgan fingerprint density at radius 2 is 2.40 bits per heavy atom. The number of furan rings is 1. The topological polar surface area (TPSA) is 77.5 Å². The number of carbonyl (C=O) groups is 1. The molecule has 0 saturated heterocycles. The second-order valence-corrected chi connectivity index (χ2v) is 3.35. The molecule has 1 aromatic heterocycles. The maximum atomic E-state index is 10.6. The van der Waals surface area contributed by atoms with Gasteiger partial charge in [-0.2, -0.15) is 5.26 Å². The lowest BCUT2D eigenvalue weighted by Gasteiger charge is -2.16. The highest BCUT2D eigenvalue weighted by Crippen LogP contribution is 2.18. The van der Waals surface area contributed by atoms with Gasteiger partial charge in [-0.05, 0) is 13.0 Å². The van der Waals surface area contributed by atoms with Crippen LogP contribution in [0.1, 0.15) is 17.5 Å². The van der Waals surface area contributed by atoms with Crippen molar-refractivity contribution in [2.75, 3.05) is 18.5 Å². The highest BCUT2D eigenvalue weighted by atomic mass is 16.4. The molecule has 1 heterocycles. The summed E-state index contributed by atoms with van der Waals surface area (Å²) in [6, 6.07) is 5.07. The second kappa shape index (κ2) is 4.51. The molecule has 1 unspecified atom stereocenters. The van der Waals surface area contributed by atoms with Crippen LogP contribution in [0, 0.1) is 17.2 Å². The zero-order valence-electron chi connectivity index (χ0n) is 8.60. The van der Waals surface area contributed by atoms with Crippen molar-refractivity contribution < 1.29 is 14.3 Å². The van der Waals surface area contributed by atoms with Crippen LogP contribution < -0.4 is 4.90 Å². The lowest BCUT2D eigenvalue weighted by Crippen LogP contribution is -2.22. The zero-order valence-corrected chi connectivity index (χ0v) is 8.60. The molecule has 1 rings (SSSR count). The minimum atomic E-state index is -1.09. The van der Waals surface area contributed by atoms with Gasteiger partial charge in [0.1, 0.15) is 0 Å². The van der Waals surface area contributed by atoms with E-state index in [1.165, 1.54) is 6.07 Å². The fraction of sp³-hybridized carbons (Fsp3) is 0.400. The predicted molar refractivity (Wildman–Crippen MR) is 53.7 cm³/mol. The van der Waals surface area contributed by atoms with Crippen LogP contribution in [0.15, 0.2) is 16.5 Å². The van der Waals surface area contributed by atoms with E-state index in [0.717, 1.165) is 0 Å². The molecule has 1 N–H and O–H groups in total. The molecule has 0 aromatic carbocycles. The van der Waals surface area contributed by atoms with Gasteiger partial charge in [0.15, 0.2) is 5.88 Å². The third-order valence-electron chi connectivity index (χ3n) is 1.95. The summed E-state index contributed by atoms with van der Waals surface area (Å²) in [6.45, 7) is 2.29. The predicted octanol–water partition coefficient (Wildman–Crippen LogP) is 1.57. The highest BCUT2D eigenvalue weighted by molar-refractivity contribution is 5.84. The van der Waals surface area contributed by atoms with Crippen LogP contribution >= 0.6 is 0 Å². The van der Waals surface area contributed by atoms with Crippen LogP contribution in [0.3, 0.4) is 0 Å². The van der Waals surface area contributed by atoms with Gasteiger partial charge in [-0.25, -0.2) is 4.79 Å². The van der Waals surface area contributed by atoms with Gasteiger partial charge in [0.2, 0.25) is 5.76 Å². The van der Waals surface area contributed by atoms with Crippen molar-refractivity contribution in [2.45, 2.75) is 6.92 Å². The molecule has 1 aromatic rings. The molecule has 0 aliphatic carbocycles. The quantitative estimate of drug-likeness (QED) is 0.812. The van der Waals surface area contributed by atoms with E-state index in [0.29, 0.717) is 12.4 Å². The molecule has 0 bridgehead atoms. The number of hydrogen-bond donors (Lipinski definition) is 1. The third-order valence-corrected chi connectivity index (χ3v) is 1.95. The summed E-state index contributed by atoms with van der Waals surface area (Å²) in [7, 11) is 1.75. The Kier molecular flexibility index (Phi) is 3.34. The molecule has 1 atom stereocenters. The Labute approximate surface area is 87.5 Å². The van der Waals surface area contributed by atoms with E-state index in [9.17, 15) is 4.79 Å². The smallest absolute Gasteiger partial charge is 0.371 e. The highest BCUT2D eigenvalue weighted by Gasteiger charge is 2.13. The number of carboxylic acid groups (broad SMARTS) is 1. The maximum Gasteiger partial charge on any atom is 0.371 e. The van der Waals surface area contributed by atoms with Gasteiger partial charge in [-0.1, -0.05) is 0 Å². The second-order valence-electron chi connectivity index (χ2n) is 3.35. The molecule has 0 amide bonds. The van der Waals surface area contributed by atoms with E-state index in [-0.39, 0.29) is 11.7 Å². The van der Waals surface area contributed by atoms with E-state index in [4.69, 9.17) is 14.8 Å². The molecule has 0 aliphatic heterocycles. The normalized spacial score (nSPS) is 11.8. The average molecular weight is 208 g/mol. The van der Waals surface area contributed by atoms with Gasteiger partial charge in [0.05, 0.1) is 12.0 Å². The van der Waals surface area contributed by atoms with E-state index in [1.54, 1.807) is 24.9 Å². The summed E-state index contributed by atoms with van der Waals surface area (Å²) in [5.41, 5.74) is 0. The van der Waals surface area contributed by atoms with Gasteiger partial charge in [-0.15, -0.1) is 0 Å². The minimum absolute atomic E-state index is 0.0959. The van der Waals surface area contributed by atoms with E-state index >= 15 is 0 Å². The Morgan fingerprint density at radius 3 is 2.87 bits per heavy atom. The van der Waals surface area contributed by atoms with Crippen molar-refractivity contribution in [1.29, 1.82) is 5.26 Å². The van der Waals surface area contributed by atoms with Crippen molar-refractivity contribution in [3.63, 3.8) is 0 Å². The van der Waals surface area contributed by atoms with Gasteiger partial charge in [-0.3, -0.25) is 0 Å². The Hall–Kier alpha value is -1.96. The Bertz CT molecular complexity index is 392. The first-order valence-electron chi connectivity index (χ1n) is 4.48. The van der Waals surface area contributed by atoms with Gasteiger partial charge >= 0.3 is 5.97 Å². The molecule has 0 spiro atoms. The minimum Gasteiger partial charge on any atom is -0.475 e. The first-order chi connectivity index (χ1) is 7.04. The number of carboxylic acids is 1. The van der Waals surface area contributed by atoms with Crippen LogP contribution in [0.25, 0.3) is 0 Å². The lowest BCUT2D eigenvalue weighted by atomic mass is 10.2. The van der Waals surface area contributed by atoms with Crippen molar-refractivity contribution in [2.24, 2.45) is 5.92 Å². The van der Waals surface area contributed by atoms with Crippen LogP contribution in [0.2, 0.25) is 0 Å². The van der Waals surface area contributed by atoms with Crippen LogP contribution in [-0.4, -0.2) is 24.7 Å². The largest absolute Gasteiger partial charge is 0.475 e. The van der Waals surface area contributed by atoms with E-state index in [2.05, 4.69) is 6.07 Å². The summed E-state index contributed by atoms with van der Waals surface area (Å²) >= 11 is 0. The first-order valence-corrected chi connectivity index (χ1v) is 4.48. The molecular weight excluding hydrogens is 196 g/mol. The van der Waals surface area contributed by atoms with Crippen molar-refractivity contribution in [3.8, 4) is 6.07 Å². The molecule has 0 radical (unpaired) electrons. The molecule has 0 fully saturated rings. The Morgan fingerprint density at radius 1 is 1.73 bits per heavy atom. The first kappa shape index (κ1) is 11.1. The number of nitriles is 1. The molecular formula is C10H12N2O3. The monoisotopic (exact) mass is 208 g/mol. The summed E-state index contributed by atoms with van der Waals surface area (Å²) < 4.78 is 5.07. The number of anilines is 1. The van der Waals surface area contributed by atoms with Crippen LogP contribution in [0.4, 0.5) is 5.88 Å². The maximum absolute atomic E-state index is 10.6. The SMILES string of the molecule is CC(C#N)CN(C)c1ccc(C(=O)O)o1. The van der Waals surface area contributed by atoms with Gasteiger partial charge in [0, 0.05) is 19.7 Å². The fourth-order valence-electron chi connectivity index (χ4n) is 1.19. The zero-order chi connectivity index (χ0) is 11.4. The molecule has 5 heteroatoms. The summed E-state index contributed by atoms with van der Waals surface area (Å²) in [4.78, 5) is 12.3. The number of hydrogen-bond acceptors (Lipinski definition) is 4. The van der Waals surface area contributed by atoms with Gasteiger partial charge in [0.25, 0.3) is 0 Å². The molecule has 0 aliphatic rings.